The highest BCUT2D eigenvalue weighted by Crippen LogP contribution is 2.59. The van der Waals surface area contributed by atoms with E-state index < -0.39 is 46.2 Å². The molecule has 0 saturated heterocycles. The molecule has 0 saturated carbocycles. The third-order valence-corrected chi connectivity index (χ3v) is 3.45. The van der Waals surface area contributed by atoms with E-state index in [0.717, 1.165) is 24.5 Å². The highest BCUT2D eigenvalue weighted by Gasteiger charge is 2.69. The summed E-state index contributed by atoms with van der Waals surface area (Å²) in [7, 11) is 0. The fourth-order valence-electron chi connectivity index (χ4n) is 2.34. The molecule has 0 spiro atoms. The van der Waals surface area contributed by atoms with Gasteiger partial charge in [0.15, 0.2) is 6.08 Å². The van der Waals surface area contributed by atoms with Gasteiger partial charge in [0, 0.05) is 17.2 Å². The Bertz CT molecular complexity index is 911. The smallest absolute Gasteiger partial charge is 0.343 e. The molecule has 1 aliphatic carbocycles. The van der Waals surface area contributed by atoms with Crippen LogP contribution in [0.3, 0.4) is 0 Å². The number of aromatic nitrogens is 1. The van der Waals surface area contributed by atoms with Crippen LogP contribution in [0, 0.1) is 17.1 Å². The van der Waals surface area contributed by atoms with Crippen LogP contribution in [-0.2, 0) is 5.92 Å². The average Bonchev–Trinajstić information content (AvgIpc) is 2.63. The van der Waals surface area contributed by atoms with Crippen LogP contribution in [0.4, 0.5) is 22.0 Å². The molecule has 1 heterocycles. The van der Waals surface area contributed by atoms with Crippen molar-refractivity contribution in [3.8, 4) is 17.6 Å². The van der Waals surface area contributed by atoms with E-state index in [1.54, 1.807) is 0 Å². The molecule has 1 aromatic heterocycles. The highest BCUT2D eigenvalue weighted by molar-refractivity contribution is 5.58. The maximum absolute atomic E-state index is 13.9. The number of ether oxygens (including phenoxy) is 1. The van der Waals surface area contributed by atoms with Crippen molar-refractivity contribution in [2.45, 2.75) is 17.9 Å². The van der Waals surface area contributed by atoms with Crippen molar-refractivity contribution in [1.82, 2.24) is 4.98 Å². The molecule has 4 nitrogen and oxygen atoms in total. The fourth-order valence-corrected chi connectivity index (χ4v) is 2.34. The predicted molar refractivity (Wildman–Crippen MR) is 69.2 cm³/mol. The molecular weight excluding hydrogens is 335 g/mol. The summed E-state index contributed by atoms with van der Waals surface area (Å²) in [5.41, 5.74) is -3.49. The number of hydrogen-bond acceptors (Lipinski definition) is 4. The van der Waals surface area contributed by atoms with Gasteiger partial charge in [0.25, 0.3) is 0 Å². The van der Waals surface area contributed by atoms with E-state index in [9.17, 15) is 32.3 Å². The summed E-state index contributed by atoms with van der Waals surface area (Å²) < 4.78 is 81.0. The summed E-state index contributed by atoms with van der Waals surface area (Å²) in [6, 6.07) is 3.56. The number of benzene rings is 1. The first-order chi connectivity index (χ1) is 11.5. The monoisotopic (exact) mass is 343 g/mol. The number of aliphatic hydroxyl groups is 1. The van der Waals surface area contributed by atoms with Crippen LogP contribution < -0.4 is 4.74 Å². The SMILES string of the molecule is [2H]C1(O)c2c(ccc(Oc3cncc(F)c3)c2C#N)C(F)(F)C1(F)F. The quantitative estimate of drug-likeness (QED) is 0.845. The van der Waals surface area contributed by atoms with Crippen molar-refractivity contribution in [2.24, 2.45) is 0 Å². The molecule has 1 N–H and O–H groups in total. The third kappa shape index (κ3) is 2.11. The van der Waals surface area contributed by atoms with Gasteiger partial charge in [-0.3, -0.25) is 4.98 Å². The molecule has 9 heteroatoms. The summed E-state index contributed by atoms with van der Waals surface area (Å²) in [5, 5.41) is 18.9. The first kappa shape index (κ1) is 14.8. The van der Waals surface area contributed by atoms with E-state index in [1.165, 1.54) is 6.07 Å². The largest absolute Gasteiger partial charge is 0.454 e. The summed E-state index contributed by atoms with van der Waals surface area (Å²) in [6.07, 6.45) is -2.16. The van der Waals surface area contributed by atoms with Gasteiger partial charge in [0.05, 0.1) is 13.8 Å². The number of alkyl halides is 4. The van der Waals surface area contributed by atoms with Crippen molar-refractivity contribution in [1.29, 1.82) is 5.26 Å². The third-order valence-electron chi connectivity index (χ3n) is 3.45. The second-order valence-corrected chi connectivity index (χ2v) is 4.91. The topological polar surface area (TPSA) is 66.1 Å². The predicted octanol–water partition coefficient (Wildman–Crippen LogP) is 3.66. The van der Waals surface area contributed by atoms with E-state index in [0.29, 0.717) is 6.07 Å². The normalized spacial score (nSPS) is 24.0. The van der Waals surface area contributed by atoms with Gasteiger partial charge in [0.2, 0.25) is 0 Å². The summed E-state index contributed by atoms with van der Waals surface area (Å²) in [5.74, 6) is -11.6. The van der Waals surface area contributed by atoms with E-state index in [4.69, 9.17) is 6.11 Å². The first-order valence-electron chi connectivity index (χ1n) is 6.88. The second kappa shape index (κ2) is 5.14. The molecular formula is C15H7F5N2O2. The second-order valence-electron chi connectivity index (χ2n) is 4.91. The lowest BCUT2D eigenvalue weighted by molar-refractivity contribution is -0.246. The number of rotatable bonds is 2. The van der Waals surface area contributed by atoms with Gasteiger partial charge < -0.3 is 9.84 Å². The van der Waals surface area contributed by atoms with Crippen molar-refractivity contribution in [3.05, 3.63) is 53.1 Å². The minimum atomic E-state index is -5.16. The van der Waals surface area contributed by atoms with Crippen LogP contribution in [0.2, 0.25) is 0 Å². The number of fused-ring (bicyclic) bond motifs is 1. The van der Waals surface area contributed by atoms with Crippen LogP contribution >= 0.6 is 0 Å². The van der Waals surface area contributed by atoms with Crippen LogP contribution in [0.5, 0.6) is 11.5 Å². The van der Waals surface area contributed by atoms with E-state index >= 15 is 0 Å². The van der Waals surface area contributed by atoms with Gasteiger partial charge in [-0.05, 0) is 12.1 Å². The summed E-state index contributed by atoms with van der Waals surface area (Å²) in [6.45, 7) is 0. The zero-order valence-electron chi connectivity index (χ0n) is 12.5. The van der Waals surface area contributed by atoms with Crippen LogP contribution in [0.1, 0.15) is 24.1 Å². The lowest BCUT2D eigenvalue weighted by Crippen LogP contribution is -2.36. The first-order valence-corrected chi connectivity index (χ1v) is 6.38. The van der Waals surface area contributed by atoms with Gasteiger partial charge in [-0.2, -0.15) is 22.8 Å². The highest BCUT2D eigenvalue weighted by atomic mass is 19.3. The van der Waals surface area contributed by atoms with E-state index in [-0.39, 0.29) is 5.75 Å². The summed E-state index contributed by atoms with van der Waals surface area (Å²) >= 11 is 0. The molecule has 24 heavy (non-hydrogen) atoms. The van der Waals surface area contributed by atoms with Crippen LogP contribution in [0.15, 0.2) is 30.6 Å². The summed E-state index contributed by atoms with van der Waals surface area (Å²) in [4.78, 5) is 3.47. The zero-order chi connectivity index (χ0) is 18.6. The molecule has 3 rings (SSSR count). The van der Waals surface area contributed by atoms with Crippen molar-refractivity contribution in [2.75, 3.05) is 0 Å². The molecule has 1 aliphatic rings. The maximum atomic E-state index is 13.9. The lowest BCUT2D eigenvalue weighted by atomic mass is 10.0. The Morgan fingerprint density at radius 1 is 1.29 bits per heavy atom. The van der Waals surface area contributed by atoms with Crippen molar-refractivity contribution in [3.63, 3.8) is 0 Å². The molecule has 1 atom stereocenters. The van der Waals surface area contributed by atoms with Gasteiger partial charge in [-0.1, -0.05) is 0 Å². The number of halogens is 5. The molecule has 0 bridgehead atoms. The standard InChI is InChI=1S/C15H7F5N2O2/c16-7-3-8(6-22-5-7)24-11-2-1-10-12(9(11)4-21)13(23)15(19,20)14(10,17)18/h1-3,5-6,13,23H/i13D. The van der Waals surface area contributed by atoms with Crippen molar-refractivity contribution < 1.29 is 33.2 Å². The Morgan fingerprint density at radius 2 is 2.00 bits per heavy atom. The lowest BCUT2D eigenvalue weighted by Gasteiger charge is -2.20. The zero-order valence-corrected chi connectivity index (χ0v) is 11.5. The van der Waals surface area contributed by atoms with Crippen LogP contribution in [0.25, 0.3) is 0 Å². The number of nitriles is 1. The Balaban J connectivity index is 2.20. The van der Waals surface area contributed by atoms with Gasteiger partial charge in [-0.15, -0.1) is 0 Å². The maximum Gasteiger partial charge on any atom is 0.343 e. The van der Waals surface area contributed by atoms with E-state index in [2.05, 4.69) is 4.98 Å². The fraction of sp³-hybridized carbons (Fsp3) is 0.200. The average molecular weight is 343 g/mol. The van der Waals surface area contributed by atoms with Crippen molar-refractivity contribution >= 4 is 0 Å². The Morgan fingerprint density at radius 3 is 2.62 bits per heavy atom. The number of hydrogen-bond donors (Lipinski definition) is 1. The minimum Gasteiger partial charge on any atom is -0.454 e. The molecule has 2 aromatic rings. The Hall–Kier alpha value is -2.73. The van der Waals surface area contributed by atoms with Gasteiger partial charge >= 0.3 is 11.8 Å². The molecule has 1 unspecified atom stereocenters. The Labute approximate surface area is 133 Å². The molecule has 0 aliphatic heterocycles. The van der Waals surface area contributed by atoms with Gasteiger partial charge in [0.1, 0.15) is 28.9 Å². The van der Waals surface area contributed by atoms with Gasteiger partial charge in [-0.25, -0.2) is 4.39 Å². The molecule has 0 amide bonds. The minimum absolute atomic E-state index is 0.235. The number of nitrogens with zero attached hydrogens (tertiary/aromatic N) is 2. The molecule has 1 aromatic carbocycles. The number of pyridine rings is 1. The van der Waals surface area contributed by atoms with E-state index in [1.807, 2.05) is 0 Å². The molecule has 0 radical (unpaired) electrons. The van der Waals surface area contributed by atoms with Crippen LogP contribution in [-0.4, -0.2) is 16.0 Å². The Kier molecular flexibility index (Phi) is 3.18. The molecule has 0 fully saturated rings. The molecule has 124 valence electrons.